The van der Waals surface area contributed by atoms with Crippen LogP contribution in [0.1, 0.15) is 12.8 Å². The highest BCUT2D eigenvalue weighted by Gasteiger charge is 2.19. The molecule has 0 unspecified atom stereocenters. The van der Waals surface area contributed by atoms with Crippen molar-refractivity contribution in [2.75, 3.05) is 13.2 Å². The maximum Gasteiger partial charge on any atom is 0.0779 e. The van der Waals surface area contributed by atoms with Crippen molar-refractivity contribution in [1.29, 1.82) is 0 Å². The van der Waals surface area contributed by atoms with Crippen molar-refractivity contribution < 1.29 is 5.11 Å². The van der Waals surface area contributed by atoms with Crippen molar-refractivity contribution in [3.8, 4) is 0 Å². The van der Waals surface area contributed by atoms with Crippen molar-refractivity contribution in [2.45, 2.75) is 12.8 Å². The fourth-order valence-electron chi connectivity index (χ4n) is 0.582. The van der Waals surface area contributed by atoms with Crippen LogP contribution in [0.4, 0.5) is 0 Å². The highest BCUT2D eigenvalue weighted by atomic mass is 35.5. The van der Waals surface area contributed by atoms with Crippen LogP contribution < -0.4 is 0 Å². The number of aliphatic imine (C=N–C) groups is 1. The van der Waals surface area contributed by atoms with Gasteiger partial charge in [-0.3, -0.25) is 4.99 Å². The summed E-state index contributed by atoms with van der Waals surface area (Å²) in [7, 11) is 0. The first kappa shape index (κ1) is 8.92. The van der Waals surface area contributed by atoms with Gasteiger partial charge in [-0.15, -0.1) is 12.4 Å². The number of nitrogens with zero attached hydrogens (tertiary/aromatic N) is 1. The molecule has 0 atom stereocenters. The lowest BCUT2D eigenvalue weighted by molar-refractivity contribution is 0.361. The molecule has 1 rings (SSSR count). The van der Waals surface area contributed by atoms with Crippen LogP contribution in [0.3, 0.4) is 0 Å². The summed E-state index contributed by atoms with van der Waals surface area (Å²) >= 11 is 0. The molecule has 0 amide bonds. The number of hydrogen-bond donors (Lipinski definition) is 1. The lowest BCUT2D eigenvalue weighted by Gasteiger charge is -1.83. The standard InChI is InChI=1S/C6H11NO.ClH/c8-4-3-7-5-6-1-2-6;/h3,6,8H,1-2,4-5H2;1H. The van der Waals surface area contributed by atoms with E-state index in [-0.39, 0.29) is 19.0 Å². The van der Waals surface area contributed by atoms with Crippen molar-refractivity contribution in [1.82, 2.24) is 0 Å². The van der Waals surface area contributed by atoms with Crippen LogP contribution in [0.25, 0.3) is 0 Å². The van der Waals surface area contributed by atoms with E-state index in [2.05, 4.69) is 4.99 Å². The topological polar surface area (TPSA) is 32.6 Å². The van der Waals surface area contributed by atoms with Gasteiger partial charge in [0.25, 0.3) is 0 Å². The number of aliphatic hydroxyl groups excluding tert-OH is 1. The Balaban J connectivity index is 0.000000640. The lowest BCUT2D eigenvalue weighted by Crippen LogP contribution is -1.86. The smallest absolute Gasteiger partial charge is 0.0779 e. The SMILES string of the molecule is Cl.OCC=NCC1CC1. The Bertz CT molecular complexity index is 91.1. The second-order valence-electron chi connectivity index (χ2n) is 2.17. The minimum atomic E-state index is 0. The van der Waals surface area contributed by atoms with Gasteiger partial charge in [-0.05, 0) is 18.8 Å². The normalized spacial score (nSPS) is 17.9. The molecule has 0 saturated heterocycles. The largest absolute Gasteiger partial charge is 0.391 e. The first-order valence-electron chi connectivity index (χ1n) is 3.02. The molecular formula is C6H12ClNO. The Labute approximate surface area is 61.4 Å². The van der Waals surface area contributed by atoms with E-state index >= 15 is 0 Å². The van der Waals surface area contributed by atoms with Gasteiger partial charge < -0.3 is 5.11 Å². The molecule has 54 valence electrons. The quantitative estimate of drug-likeness (QED) is 0.594. The Kier molecular flexibility index (Phi) is 4.72. The van der Waals surface area contributed by atoms with Crippen LogP contribution in [0.2, 0.25) is 0 Å². The highest BCUT2D eigenvalue weighted by Crippen LogP contribution is 2.28. The molecule has 1 aliphatic rings. The van der Waals surface area contributed by atoms with E-state index in [9.17, 15) is 0 Å². The summed E-state index contributed by atoms with van der Waals surface area (Å²) < 4.78 is 0. The fourth-order valence-corrected chi connectivity index (χ4v) is 0.582. The van der Waals surface area contributed by atoms with E-state index in [1.165, 1.54) is 12.8 Å². The molecule has 0 aromatic heterocycles. The third kappa shape index (κ3) is 4.43. The van der Waals surface area contributed by atoms with Crippen LogP contribution in [0.5, 0.6) is 0 Å². The summed E-state index contributed by atoms with van der Waals surface area (Å²) in [6.07, 6.45) is 4.24. The number of hydrogen-bond acceptors (Lipinski definition) is 2. The first-order chi connectivity index (χ1) is 3.93. The molecule has 9 heavy (non-hydrogen) atoms. The second kappa shape index (κ2) is 4.77. The van der Waals surface area contributed by atoms with Crippen molar-refractivity contribution in [3.05, 3.63) is 0 Å². The molecule has 0 aromatic rings. The van der Waals surface area contributed by atoms with Gasteiger partial charge in [-0.1, -0.05) is 0 Å². The molecule has 0 radical (unpaired) electrons. The monoisotopic (exact) mass is 149 g/mol. The number of halogens is 1. The summed E-state index contributed by atoms with van der Waals surface area (Å²) in [5.74, 6) is 0.845. The van der Waals surface area contributed by atoms with Gasteiger partial charge in [0.05, 0.1) is 6.61 Å². The van der Waals surface area contributed by atoms with Gasteiger partial charge in [0.15, 0.2) is 0 Å². The first-order valence-corrected chi connectivity index (χ1v) is 3.02. The van der Waals surface area contributed by atoms with Gasteiger partial charge in [0, 0.05) is 12.8 Å². The molecule has 0 heterocycles. The summed E-state index contributed by atoms with van der Waals surface area (Å²) in [5.41, 5.74) is 0. The lowest BCUT2D eigenvalue weighted by atomic mass is 10.4. The van der Waals surface area contributed by atoms with Crippen LogP contribution in [0, 0.1) is 5.92 Å². The van der Waals surface area contributed by atoms with Crippen LogP contribution in [0.15, 0.2) is 4.99 Å². The van der Waals surface area contributed by atoms with Gasteiger partial charge in [0.2, 0.25) is 0 Å². The molecule has 0 spiro atoms. The Morgan fingerprint density at radius 1 is 1.56 bits per heavy atom. The summed E-state index contributed by atoms with van der Waals surface area (Å²) in [4.78, 5) is 3.98. The fraction of sp³-hybridized carbons (Fsp3) is 0.833. The molecule has 0 bridgehead atoms. The predicted octanol–water partition coefficient (Wildman–Crippen LogP) is 0.881. The van der Waals surface area contributed by atoms with Crippen LogP contribution >= 0.6 is 12.4 Å². The van der Waals surface area contributed by atoms with Crippen LogP contribution in [-0.4, -0.2) is 24.5 Å². The minimum absolute atomic E-state index is 0. The van der Waals surface area contributed by atoms with E-state index in [0.29, 0.717) is 0 Å². The van der Waals surface area contributed by atoms with E-state index in [0.717, 1.165) is 12.5 Å². The number of aliphatic hydroxyl groups is 1. The van der Waals surface area contributed by atoms with Crippen molar-refractivity contribution in [3.63, 3.8) is 0 Å². The predicted molar refractivity (Wildman–Crippen MR) is 40.4 cm³/mol. The van der Waals surface area contributed by atoms with Crippen molar-refractivity contribution >= 4 is 18.6 Å². The Morgan fingerprint density at radius 3 is 2.67 bits per heavy atom. The molecular weight excluding hydrogens is 138 g/mol. The molecule has 1 saturated carbocycles. The van der Waals surface area contributed by atoms with Gasteiger partial charge in [0.1, 0.15) is 0 Å². The maximum atomic E-state index is 8.25. The highest BCUT2D eigenvalue weighted by molar-refractivity contribution is 5.85. The summed E-state index contributed by atoms with van der Waals surface area (Å²) in [6, 6.07) is 0. The summed E-state index contributed by atoms with van der Waals surface area (Å²) in [5, 5.41) is 8.25. The second-order valence-corrected chi connectivity index (χ2v) is 2.17. The Hall–Kier alpha value is -0.0800. The van der Waals surface area contributed by atoms with Crippen molar-refractivity contribution in [2.24, 2.45) is 10.9 Å². The maximum absolute atomic E-state index is 8.25. The summed E-state index contributed by atoms with van der Waals surface area (Å²) in [6.45, 7) is 1.02. The zero-order chi connectivity index (χ0) is 5.82. The van der Waals surface area contributed by atoms with E-state index < -0.39 is 0 Å². The third-order valence-corrected chi connectivity index (χ3v) is 1.27. The molecule has 2 nitrogen and oxygen atoms in total. The molecule has 0 aromatic carbocycles. The van der Waals surface area contributed by atoms with E-state index in [1.807, 2.05) is 0 Å². The van der Waals surface area contributed by atoms with Gasteiger partial charge in [-0.25, -0.2) is 0 Å². The average Bonchev–Trinajstić information content (AvgIpc) is 2.51. The third-order valence-electron chi connectivity index (χ3n) is 1.27. The average molecular weight is 150 g/mol. The van der Waals surface area contributed by atoms with E-state index in [1.54, 1.807) is 6.21 Å². The van der Waals surface area contributed by atoms with Crippen LogP contribution in [-0.2, 0) is 0 Å². The zero-order valence-corrected chi connectivity index (χ0v) is 6.10. The van der Waals surface area contributed by atoms with Gasteiger partial charge in [-0.2, -0.15) is 0 Å². The molecule has 1 aliphatic carbocycles. The molecule has 0 aliphatic heterocycles. The van der Waals surface area contributed by atoms with Gasteiger partial charge >= 0.3 is 0 Å². The zero-order valence-electron chi connectivity index (χ0n) is 5.29. The number of rotatable bonds is 3. The van der Waals surface area contributed by atoms with E-state index in [4.69, 9.17) is 5.11 Å². The molecule has 1 N–H and O–H groups in total. The Morgan fingerprint density at radius 2 is 2.22 bits per heavy atom. The minimum Gasteiger partial charge on any atom is -0.391 e. The molecule has 1 fully saturated rings. The molecule has 3 heteroatoms.